The van der Waals surface area contributed by atoms with Crippen LogP contribution in [0.5, 0.6) is 0 Å². The first-order valence-corrected chi connectivity index (χ1v) is 6.87. The van der Waals surface area contributed by atoms with E-state index in [4.69, 9.17) is 0 Å². The van der Waals surface area contributed by atoms with Crippen molar-refractivity contribution in [3.63, 3.8) is 0 Å². The molecule has 0 aromatic heterocycles. The first-order valence-electron chi connectivity index (χ1n) is 6.87. The number of nitrogens with one attached hydrogen (secondary N) is 1. The zero-order chi connectivity index (χ0) is 16.4. The van der Waals surface area contributed by atoms with Gasteiger partial charge in [-0.15, -0.1) is 0 Å². The van der Waals surface area contributed by atoms with E-state index in [2.05, 4.69) is 5.43 Å². The molecule has 22 heavy (non-hydrogen) atoms. The lowest BCUT2D eigenvalue weighted by Crippen LogP contribution is -2.52. The predicted octanol–water partition coefficient (Wildman–Crippen LogP) is 2.66. The van der Waals surface area contributed by atoms with Crippen LogP contribution in [0.3, 0.4) is 0 Å². The summed E-state index contributed by atoms with van der Waals surface area (Å²) in [6, 6.07) is 3.14. The molecular weight excluding hydrogens is 297 g/mol. The number of hydrogen-bond acceptors (Lipinski definition) is 2. The van der Waals surface area contributed by atoms with Crippen molar-refractivity contribution in [1.29, 1.82) is 0 Å². The number of benzene rings is 1. The molecule has 7 heteroatoms. The summed E-state index contributed by atoms with van der Waals surface area (Å²) in [6.45, 7) is 5.21. The second kappa shape index (κ2) is 4.24. The van der Waals surface area contributed by atoms with Gasteiger partial charge < -0.3 is 0 Å². The summed E-state index contributed by atoms with van der Waals surface area (Å²) in [6.07, 6.45) is -4.51. The van der Waals surface area contributed by atoms with E-state index in [0.29, 0.717) is 5.56 Å². The van der Waals surface area contributed by atoms with Gasteiger partial charge in [0.2, 0.25) is 11.8 Å². The Morgan fingerprint density at radius 3 is 2.41 bits per heavy atom. The van der Waals surface area contributed by atoms with Crippen molar-refractivity contribution in [1.82, 2.24) is 5.43 Å². The van der Waals surface area contributed by atoms with E-state index in [-0.39, 0.29) is 17.5 Å². The molecule has 3 rings (SSSR count). The molecule has 1 aromatic carbocycles. The predicted molar refractivity (Wildman–Crippen MR) is 72.6 cm³/mol. The first kappa shape index (κ1) is 14.9. The number of anilines is 1. The molecule has 4 nitrogen and oxygen atoms in total. The van der Waals surface area contributed by atoms with Crippen molar-refractivity contribution in [3.8, 4) is 0 Å². The maximum atomic E-state index is 12.9. The molecule has 1 N–H and O–H groups in total. The average Bonchev–Trinajstić information content (AvgIpc) is 2.97. The van der Waals surface area contributed by atoms with Crippen LogP contribution in [-0.4, -0.2) is 11.8 Å². The van der Waals surface area contributed by atoms with Gasteiger partial charge in [0.1, 0.15) is 0 Å². The van der Waals surface area contributed by atoms with Crippen LogP contribution in [0.2, 0.25) is 0 Å². The number of alkyl halides is 3. The minimum absolute atomic E-state index is 0.0642. The van der Waals surface area contributed by atoms with E-state index in [9.17, 15) is 22.8 Å². The molecule has 0 bridgehead atoms. The lowest BCUT2D eigenvalue weighted by Gasteiger charge is -2.28. The molecule has 2 fully saturated rings. The molecule has 1 aliphatic carbocycles. The van der Waals surface area contributed by atoms with Gasteiger partial charge in [-0.05, 0) is 30.0 Å². The highest BCUT2D eigenvalue weighted by atomic mass is 19.4. The van der Waals surface area contributed by atoms with Crippen molar-refractivity contribution in [2.24, 2.45) is 17.3 Å². The minimum atomic E-state index is -4.51. The second-order valence-corrected chi connectivity index (χ2v) is 6.43. The Morgan fingerprint density at radius 2 is 1.82 bits per heavy atom. The van der Waals surface area contributed by atoms with E-state index in [1.807, 2.05) is 13.8 Å². The van der Waals surface area contributed by atoms with Crippen molar-refractivity contribution < 1.29 is 22.8 Å². The molecule has 1 saturated carbocycles. The number of hydrazine groups is 1. The van der Waals surface area contributed by atoms with Gasteiger partial charge in [0, 0.05) is 0 Å². The summed E-state index contributed by atoms with van der Waals surface area (Å²) in [5, 5.41) is 0.961. The largest absolute Gasteiger partial charge is 0.416 e. The smallest absolute Gasteiger partial charge is 0.273 e. The Morgan fingerprint density at radius 1 is 1.18 bits per heavy atom. The summed E-state index contributed by atoms with van der Waals surface area (Å²) in [5.41, 5.74) is 1.67. The highest BCUT2D eigenvalue weighted by Crippen LogP contribution is 2.60. The number of carbonyl (C=O) groups excluding carboxylic acids is 2. The molecule has 2 aliphatic rings. The molecule has 118 valence electrons. The molecule has 2 amide bonds. The van der Waals surface area contributed by atoms with E-state index in [1.165, 1.54) is 6.07 Å². The van der Waals surface area contributed by atoms with Gasteiger partial charge in [-0.1, -0.05) is 19.9 Å². The molecule has 2 atom stereocenters. The minimum Gasteiger partial charge on any atom is -0.273 e. The fourth-order valence-electron chi connectivity index (χ4n) is 3.17. The Bertz CT molecular complexity index is 682. The first-order chi connectivity index (χ1) is 10.0. The highest BCUT2D eigenvalue weighted by molar-refractivity contribution is 6.08. The third-order valence-corrected chi connectivity index (χ3v) is 4.60. The maximum Gasteiger partial charge on any atom is 0.416 e. The summed E-state index contributed by atoms with van der Waals surface area (Å²) in [5.74, 6) is -1.57. The quantitative estimate of drug-likeness (QED) is 0.867. The molecule has 1 heterocycles. The van der Waals surface area contributed by atoms with Gasteiger partial charge in [0.25, 0.3) is 0 Å². The van der Waals surface area contributed by atoms with Crippen LogP contribution in [0.1, 0.15) is 25.0 Å². The normalized spacial score (nSPS) is 26.5. The van der Waals surface area contributed by atoms with Gasteiger partial charge in [0.05, 0.1) is 23.1 Å². The van der Waals surface area contributed by atoms with Crippen molar-refractivity contribution in [2.45, 2.75) is 26.9 Å². The Balaban J connectivity index is 2.01. The standard InChI is InChI=1S/C15H15F3N2O2/c1-7-4-5-8(15(16,17)18)6-9(7)20-13(22)11-10(12(21)19-20)14(11,2)3/h4-6,10-11H,1-3H3,(H,19,21). The molecule has 1 saturated heterocycles. The van der Waals surface area contributed by atoms with Crippen molar-refractivity contribution >= 4 is 17.5 Å². The summed E-state index contributed by atoms with van der Waals surface area (Å²) >= 11 is 0. The van der Waals surface area contributed by atoms with Gasteiger partial charge in [-0.25, -0.2) is 5.01 Å². The number of nitrogens with zero attached hydrogens (tertiary/aromatic N) is 1. The zero-order valence-corrected chi connectivity index (χ0v) is 12.3. The van der Waals surface area contributed by atoms with E-state index in [0.717, 1.165) is 17.1 Å². The van der Waals surface area contributed by atoms with Crippen LogP contribution in [0, 0.1) is 24.2 Å². The number of halogens is 3. The SMILES string of the molecule is Cc1ccc(C(F)(F)F)cc1N1NC(=O)C2C(C1=O)C2(C)C. The second-order valence-electron chi connectivity index (χ2n) is 6.43. The average molecular weight is 312 g/mol. The molecule has 1 aromatic rings. The number of carbonyl (C=O) groups is 2. The van der Waals surface area contributed by atoms with E-state index < -0.39 is 29.0 Å². The van der Waals surface area contributed by atoms with Crippen LogP contribution >= 0.6 is 0 Å². The lowest BCUT2D eigenvalue weighted by molar-refractivity contribution is -0.137. The third-order valence-electron chi connectivity index (χ3n) is 4.60. The zero-order valence-electron chi connectivity index (χ0n) is 12.3. The third kappa shape index (κ3) is 1.99. The van der Waals surface area contributed by atoms with E-state index in [1.54, 1.807) is 6.92 Å². The van der Waals surface area contributed by atoms with Crippen LogP contribution in [0.15, 0.2) is 18.2 Å². The molecule has 1 aliphatic heterocycles. The number of rotatable bonds is 1. The van der Waals surface area contributed by atoms with E-state index >= 15 is 0 Å². The summed E-state index contributed by atoms with van der Waals surface area (Å²) < 4.78 is 38.6. The number of aryl methyl sites for hydroxylation is 1. The van der Waals surface area contributed by atoms with Crippen molar-refractivity contribution in [3.05, 3.63) is 29.3 Å². The monoisotopic (exact) mass is 312 g/mol. The fraction of sp³-hybridized carbons (Fsp3) is 0.467. The summed E-state index contributed by atoms with van der Waals surface area (Å²) in [4.78, 5) is 24.5. The van der Waals surface area contributed by atoms with Crippen molar-refractivity contribution in [2.75, 3.05) is 5.01 Å². The van der Waals surface area contributed by atoms with Crippen LogP contribution in [0.4, 0.5) is 18.9 Å². The maximum absolute atomic E-state index is 12.9. The van der Waals surface area contributed by atoms with Gasteiger partial charge in [0.15, 0.2) is 0 Å². The Hall–Kier alpha value is -2.05. The molecular formula is C15H15F3N2O2. The van der Waals surface area contributed by atoms with Crippen LogP contribution in [0.25, 0.3) is 0 Å². The highest BCUT2D eigenvalue weighted by Gasteiger charge is 2.69. The molecule has 2 unspecified atom stereocenters. The fourth-order valence-corrected chi connectivity index (χ4v) is 3.17. The van der Waals surface area contributed by atoms with Crippen LogP contribution in [-0.2, 0) is 15.8 Å². The van der Waals surface area contributed by atoms with Gasteiger partial charge >= 0.3 is 6.18 Å². The molecule has 0 spiro atoms. The number of fused-ring (bicyclic) bond motifs is 1. The van der Waals surface area contributed by atoms with Gasteiger partial charge in [-0.3, -0.25) is 15.0 Å². The Labute approximate surface area is 125 Å². The van der Waals surface area contributed by atoms with Crippen LogP contribution < -0.4 is 10.4 Å². The number of hydrogen-bond donors (Lipinski definition) is 1. The summed E-state index contributed by atoms with van der Waals surface area (Å²) in [7, 11) is 0. The topological polar surface area (TPSA) is 49.4 Å². The lowest BCUT2D eigenvalue weighted by atomic mass is 10.1. The molecule has 0 radical (unpaired) electrons. The van der Waals surface area contributed by atoms with Gasteiger partial charge in [-0.2, -0.15) is 13.2 Å². The number of amides is 2. The Kier molecular flexibility index (Phi) is 2.87.